The summed E-state index contributed by atoms with van der Waals surface area (Å²) in [5.74, 6) is 1.68. The molecule has 0 unspecified atom stereocenters. The quantitative estimate of drug-likeness (QED) is 0.835. The smallest absolute Gasteiger partial charge is 0.181 e. The van der Waals surface area contributed by atoms with Crippen molar-refractivity contribution in [1.82, 2.24) is 10.3 Å². The van der Waals surface area contributed by atoms with Crippen LogP contribution in [0.5, 0.6) is 0 Å². The van der Waals surface area contributed by atoms with Crippen LogP contribution in [0.15, 0.2) is 10.8 Å². The van der Waals surface area contributed by atoms with Crippen molar-refractivity contribution in [3.05, 3.63) is 17.8 Å². The maximum atomic E-state index is 5.45. The molecule has 0 spiro atoms. The zero-order valence-corrected chi connectivity index (χ0v) is 11.1. The maximum Gasteiger partial charge on any atom is 0.181 e. The SMILES string of the molecule is CC(C)CNCc1ncoc1CC(C)(C)C. The molecule has 0 aliphatic carbocycles. The predicted octanol–water partition coefficient (Wildman–Crippen LogP) is 3.01. The molecular formula is C13H24N2O. The fraction of sp³-hybridized carbons (Fsp3) is 0.769. The van der Waals surface area contributed by atoms with Gasteiger partial charge in [-0.2, -0.15) is 0 Å². The summed E-state index contributed by atoms with van der Waals surface area (Å²) >= 11 is 0. The van der Waals surface area contributed by atoms with Crippen molar-refractivity contribution >= 4 is 0 Å². The fourth-order valence-corrected chi connectivity index (χ4v) is 1.54. The van der Waals surface area contributed by atoms with E-state index in [1.54, 1.807) is 6.39 Å². The predicted molar refractivity (Wildman–Crippen MR) is 66.2 cm³/mol. The molecule has 1 aromatic rings. The fourth-order valence-electron chi connectivity index (χ4n) is 1.54. The molecule has 0 amide bonds. The Morgan fingerprint density at radius 1 is 1.38 bits per heavy atom. The highest BCUT2D eigenvalue weighted by atomic mass is 16.3. The Hall–Kier alpha value is -0.830. The van der Waals surface area contributed by atoms with E-state index < -0.39 is 0 Å². The van der Waals surface area contributed by atoms with Gasteiger partial charge in [-0.15, -0.1) is 0 Å². The summed E-state index contributed by atoms with van der Waals surface area (Å²) in [4.78, 5) is 4.27. The van der Waals surface area contributed by atoms with Gasteiger partial charge in [-0.1, -0.05) is 34.6 Å². The van der Waals surface area contributed by atoms with Crippen LogP contribution in [0.3, 0.4) is 0 Å². The Morgan fingerprint density at radius 2 is 2.06 bits per heavy atom. The van der Waals surface area contributed by atoms with Gasteiger partial charge in [0.05, 0.1) is 5.69 Å². The van der Waals surface area contributed by atoms with Crippen molar-refractivity contribution in [3.63, 3.8) is 0 Å². The number of oxazole rings is 1. The topological polar surface area (TPSA) is 38.1 Å². The second-order valence-corrected chi connectivity index (χ2v) is 5.98. The van der Waals surface area contributed by atoms with E-state index >= 15 is 0 Å². The van der Waals surface area contributed by atoms with Gasteiger partial charge < -0.3 is 9.73 Å². The van der Waals surface area contributed by atoms with Crippen LogP contribution in [0.4, 0.5) is 0 Å². The minimum Gasteiger partial charge on any atom is -0.448 e. The maximum absolute atomic E-state index is 5.45. The lowest BCUT2D eigenvalue weighted by Gasteiger charge is -2.16. The molecule has 16 heavy (non-hydrogen) atoms. The van der Waals surface area contributed by atoms with Crippen LogP contribution in [0.1, 0.15) is 46.1 Å². The van der Waals surface area contributed by atoms with Gasteiger partial charge in [0.15, 0.2) is 6.39 Å². The van der Waals surface area contributed by atoms with Crippen LogP contribution in [0, 0.1) is 11.3 Å². The summed E-state index contributed by atoms with van der Waals surface area (Å²) in [5, 5.41) is 3.39. The van der Waals surface area contributed by atoms with Crippen molar-refractivity contribution < 1.29 is 4.42 Å². The Labute approximate surface area is 98.6 Å². The highest BCUT2D eigenvalue weighted by Gasteiger charge is 2.17. The van der Waals surface area contributed by atoms with Crippen LogP contribution >= 0.6 is 0 Å². The summed E-state index contributed by atoms with van der Waals surface area (Å²) in [6.45, 7) is 12.8. The van der Waals surface area contributed by atoms with Gasteiger partial charge in [0, 0.05) is 13.0 Å². The molecule has 1 rings (SSSR count). The van der Waals surface area contributed by atoms with Crippen molar-refractivity contribution in [2.24, 2.45) is 11.3 Å². The van der Waals surface area contributed by atoms with Crippen LogP contribution in [0.2, 0.25) is 0 Å². The molecule has 0 saturated heterocycles. The number of aromatic nitrogens is 1. The third kappa shape index (κ3) is 4.79. The summed E-state index contributed by atoms with van der Waals surface area (Å²) < 4.78 is 5.45. The van der Waals surface area contributed by atoms with E-state index in [9.17, 15) is 0 Å². The summed E-state index contributed by atoms with van der Waals surface area (Å²) in [5.41, 5.74) is 1.29. The van der Waals surface area contributed by atoms with Gasteiger partial charge in [-0.05, 0) is 17.9 Å². The Balaban J connectivity index is 2.51. The molecule has 92 valence electrons. The van der Waals surface area contributed by atoms with Gasteiger partial charge in [0.2, 0.25) is 0 Å². The molecule has 0 saturated carbocycles. The Kier molecular flexibility index (Phi) is 4.54. The largest absolute Gasteiger partial charge is 0.448 e. The van der Waals surface area contributed by atoms with Crippen LogP contribution in [-0.4, -0.2) is 11.5 Å². The average Bonchev–Trinajstić information content (AvgIpc) is 2.49. The lowest BCUT2D eigenvalue weighted by molar-refractivity contribution is 0.359. The standard InChI is InChI=1S/C13H24N2O/c1-10(2)7-14-8-11-12(16-9-15-11)6-13(3,4)5/h9-10,14H,6-8H2,1-5H3. The molecule has 0 bridgehead atoms. The van der Waals surface area contributed by atoms with E-state index in [4.69, 9.17) is 4.42 Å². The molecule has 0 atom stereocenters. The molecule has 0 aliphatic rings. The van der Waals surface area contributed by atoms with Crippen molar-refractivity contribution in [2.45, 2.75) is 47.6 Å². The summed E-state index contributed by atoms with van der Waals surface area (Å²) in [6.07, 6.45) is 2.49. The lowest BCUT2D eigenvalue weighted by atomic mass is 9.90. The van der Waals surface area contributed by atoms with E-state index in [0.29, 0.717) is 5.92 Å². The van der Waals surface area contributed by atoms with E-state index in [-0.39, 0.29) is 5.41 Å². The first-order chi connectivity index (χ1) is 7.38. The molecule has 0 aromatic carbocycles. The minimum atomic E-state index is 0.242. The van der Waals surface area contributed by atoms with E-state index in [1.165, 1.54) is 0 Å². The highest BCUT2D eigenvalue weighted by molar-refractivity contribution is 5.08. The van der Waals surface area contributed by atoms with Crippen molar-refractivity contribution in [2.75, 3.05) is 6.54 Å². The molecular weight excluding hydrogens is 200 g/mol. The number of rotatable bonds is 5. The van der Waals surface area contributed by atoms with Gasteiger partial charge in [-0.3, -0.25) is 0 Å². The molecule has 1 aromatic heterocycles. The van der Waals surface area contributed by atoms with E-state index in [0.717, 1.165) is 31.0 Å². The van der Waals surface area contributed by atoms with E-state index in [2.05, 4.69) is 44.9 Å². The second-order valence-electron chi connectivity index (χ2n) is 5.98. The Morgan fingerprint density at radius 3 is 2.62 bits per heavy atom. The number of hydrogen-bond donors (Lipinski definition) is 1. The number of nitrogens with one attached hydrogen (secondary N) is 1. The van der Waals surface area contributed by atoms with Crippen LogP contribution in [0.25, 0.3) is 0 Å². The third-order valence-corrected chi connectivity index (χ3v) is 2.26. The van der Waals surface area contributed by atoms with Gasteiger partial charge in [0.1, 0.15) is 5.76 Å². The summed E-state index contributed by atoms with van der Waals surface area (Å²) in [7, 11) is 0. The van der Waals surface area contributed by atoms with Crippen molar-refractivity contribution in [1.29, 1.82) is 0 Å². The summed E-state index contributed by atoms with van der Waals surface area (Å²) in [6, 6.07) is 0. The number of hydrogen-bond acceptors (Lipinski definition) is 3. The number of nitrogens with zero attached hydrogens (tertiary/aromatic N) is 1. The zero-order valence-electron chi connectivity index (χ0n) is 11.1. The molecule has 0 radical (unpaired) electrons. The molecule has 3 nitrogen and oxygen atoms in total. The second kappa shape index (κ2) is 5.48. The van der Waals surface area contributed by atoms with Crippen molar-refractivity contribution in [3.8, 4) is 0 Å². The van der Waals surface area contributed by atoms with Crippen LogP contribution < -0.4 is 5.32 Å². The first-order valence-corrected chi connectivity index (χ1v) is 6.00. The van der Waals surface area contributed by atoms with Gasteiger partial charge in [-0.25, -0.2) is 4.98 Å². The highest BCUT2D eigenvalue weighted by Crippen LogP contribution is 2.22. The normalized spacial score (nSPS) is 12.4. The van der Waals surface area contributed by atoms with Gasteiger partial charge in [0.25, 0.3) is 0 Å². The molecule has 1 N–H and O–H groups in total. The van der Waals surface area contributed by atoms with E-state index in [1.807, 2.05) is 0 Å². The average molecular weight is 224 g/mol. The molecule has 0 fully saturated rings. The minimum absolute atomic E-state index is 0.242. The van der Waals surface area contributed by atoms with Crippen LogP contribution in [-0.2, 0) is 13.0 Å². The Bertz CT molecular complexity index is 310. The lowest BCUT2D eigenvalue weighted by Crippen LogP contribution is -2.20. The monoisotopic (exact) mass is 224 g/mol. The molecule has 1 heterocycles. The molecule has 3 heteroatoms. The third-order valence-electron chi connectivity index (χ3n) is 2.26. The first kappa shape index (κ1) is 13.2. The zero-order chi connectivity index (χ0) is 12.2. The first-order valence-electron chi connectivity index (χ1n) is 6.00. The molecule has 0 aliphatic heterocycles. The van der Waals surface area contributed by atoms with Gasteiger partial charge >= 0.3 is 0 Å².